The number of amides is 1. The van der Waals surface area contributed by atoms with Crippen molar-refractivity contribution in [3.8, 4) is 5.69 Å². The third-order valence-electron chi connectivity index (χ3n) is 7.81. The van der Waals surface area contributed by atoms with E-state index in [1.165, 1.54) is 4.31 Å². The van der Waals surface area contributed by atoms with Gasteiger partial charge in [0.1, 0.15) is 0 Å². The Bertz CT molecular complexity index is 1630. The van der Waals surface area contributed by atoms with Crippen molar-refractivity contribution in [2.45, 2.75) is 45.4 Å². The number of nitrogens with zero attached hydrogens (tertiary/aromatic N) is 3. The SMILES string of the molecule is CCCCOC(=O)c1ccc(-n2c(C)cc(C=C3C(=O)N(CC)c4ccc(S(=O)(=O)N5CCOCC5)cc43)c2C)cc1. The number of sulfonamides is 1. The molecule has 1 fully saturated rings. The number of benzene rings is 2. The number of carbonyl (C=O) groups excluding carboxylic acids is 2. The number of fused-ring (bicyclic) bond motifs is 1. The Labute approximate surface area is 247 Å². The minimum Gasteiger partial charge on any atom is -0.462 e. The standard InChI is InChI=1S/C32H37N3O6S/c1-5-7-16-41-32(37)24-8-10-26(11-9-24)35-22(3)19-25(23(35)4)20-29-28-21-27(12-13-30(28)34(6-2)31(29)36)42(38,39)33-14-17-40-18-15-33/h8-13,19-21H,5-7,14-18H2,1-4H3. The largest absolute Gasteiger partial charge is 0.462 e. The molecule has 9 nitrogen and oxygen atoms in total. The molecule has 0 atom stereocenters. The summed E-state index contributed by atoms with van der Waals surface area (Å²) in [5.41, 5.74) is 5.86. The lowest BCUT2D eigenvalue weighted by molar-refractivity contribution is -0.112. The van der Waals surface area contributed by atoms with Crippen molar-refractivity contribution < 1.29 is 27.5 Å². The highest BCUT2D eigenvalue weighted by molar-refractivity contribution is 7.89. The lowest BCUT2D eigenvalue weighted by Crippen LogP contribution is -2.40. The van der Waals surface area contributed by atoms with E-state index >= 15 is 0 Å². The molecule has 1 aromatic heterocycles. The number of likely N-dealkylation sites (N-methyl/N-ethyl adjacent to an activating group) is 1. The number of esters is 1. The van der Waals surface area contributed by atoms with Crippen molar-refractivity contribution in [1.82, 2.24) is 8.87 Å². The van der Waals surface area contributed by atoms with E-state index in [9.17, 15) is 18.0 Å². The quantitative estimate of drug-likeness (QED) is 0.198. The highest BCUT2D eigenvalue weighted by Gasteiger charge is 2.34. The van der Waals surface area contributed by atoms with E-state index < -0.39 is 10.0 Å². The number of ether oxygens (including phenoxy) is 2. The first kappa shape index (κ1) is 29.8. The van der Waals surface area contributed by atoms with Crippen molar-refractivity contribution in [3.63, 3.8) is 0 Å². The monoisotopic (exact) mass is 591 g/mol. The van der Waals surface area contributed by atoms with Crippen LogP contribution in [0.1, 0.15) is 59.6 Å². The van der Waals surface area contributed by atoms with Gasteiger partial charge in [-0.2, -0.15) is 4.31 Å². The molecule has 222 valence electrons. The molecule has 3 heterocycles. The highest BCUT2D eigenvalue weighted by atomic mass is 32.2. The second-order valence-electron chi connectivity index (χ2n) is 10.5. The van der Waals surface area contributed by atoms with Gasteiger partial charge in [-0.3, -0.25) is 4.79 Å². The van der Waals surface area contributed by atoms with E-state index in [0.717, 1.165) is 35.5 Å². The molecule has 2 aromatic carbocycles. The zero-order valence-corrected chi connectivity index (χ0v) is 25.4. The van der Waals surface area contributed by atoms with Crippen molar-refractivity contribution >= 4 is 39.2 Å². The average Bonchev–Trinajstić information content (AvgIpc) is 3.43. The number of aryl methyl sites for hydroxylation is 1. The summed E-state index contributed by atoms with van der Waals surface area (Å²) in [4.78, 5) is 27.7. The molecule has 1 amide bonds. The van der Waals surface area contributed by atoms with Crippen LogP contribution in [0.4, 0.5) is 5.69 Å². The van der Waals surface area contributed by atoms with Crippen LogP contribution >= 0.6 is 0 Å². The van der Waals surface area contributed by atoms with Crippen LogP contribution in [0, 0.1) is 13.8 Å². The van der Waals surface area contributed by atoms with E-state index in [1.54, 1.807) is 35.2 Å². The first-order chi connectivity index (χ1) is 20.2. The van der Waals surface area contributed by atoms with Crippen LogP contribution in [0.2, 0.25) is 0 Å². The summed E-state index contributed by atoms with van der Waals surface area (Å²) in [7, 11) is -3.73. The van der Waals surface area contributed by atoms with Gasteiger partial charge in [-0.25, -0.2) is 13.2 Å². The average molecular weight is 592 g/mol. The summed E-state index contributed by atoms with van der Waals surface area (Å²) < 4.78 is 40.9. The Balaban J connectivity index is 1.49. The van der Waals surface area contributed by atoms with Crippen molar-refractivity contribution in [2.75, 3.05) is 44.4 Å². The Kier molecular flexibility index (Phi) is 8.68. The predicted molar refractivity (Wildman–Crippen MR) is 162 cm³/mol. The number of carbonyl (C=O) groups is 2. The Morgan fingerprint density at radius 1 is 1.02 bits per heavy atom. The zero-order valence-electron chi connectivity index (χ0n) is 24.6. The van der Waals surface area contributed by atoms with Crippen LogP contribution in [0.5, 0.6) is 0 Å². The van der Waals surface area contributed by atoms with Gasteiger partial charge in [0.25, 0.3) is 5.91 Å². The van der Waals surface area contributed by atoms with Crippen molar-refractivity contribution in [2.24, 2.45) is 0 Å². The molecule has 10 heteroatoms. The highest BCUT2D eigenvalue weighted by Crippen LogP contribution is 2.40. The van der Waals surface area contributed by atoms with Gasteiger partial charge in [0, 0.05) is 47.8 Å². The number of rotatable bonds is 9. The molecule has 0 bridgehead atoms. The third-order valence-corrected chi connectivity index (χ3v) is 9.71. The van der Waals surface area contributed by atoms with Gasteiger partial charge in [0.15, 0.2) is 0 Å². The van der Waals surface area contributed by atoms with E-state index in [-0.39, 0.29) is 16.8 Å². The molecule has 0 saturated carbocycles. The maximum Gasteiger partial charge on any atom is 0.338 e. The molecule has 2 aliphatic rings. The summed E-state index contributed by atoms with van der Waals surface area (Å²) in [5, 5.41) is 0. The van der Waals surface area contributed by atoms with Gasteiger partial charge in [0.2, 0.25) is 10.0 Å². The van der Waals surface area contributed by atoms with E-state index in [2.05, 4.69) is 4.57 Å². The fourth-order valence-corrected chi connectivity index (χ4v) is 6.95. The van der Waals surface area contributed by atoms with E-state index in [0.29, 0.717) is 61.8 Å². The minimum atomic E-state index is -3.73. The molecule has 0 aliphatic carbocycles. The number of morpholine rings is 1. The Hall–Kier alpha value is -3.73. The van der Waals surface area contributed by atoms with Crippen LogP contribution in [0.3, 0.4) is 0 Å². The Morgan fingerprint density at radius 3 is 2.40 bits per heavy atom. The molecule has 5 rings (SSSR count). The topological polar surface area (TPSA) is 98.2 Å². The molecule has 42 heavy (non-hydrogen) atoms. The predicted octanol–water partition coefficient (Wildman–Crippen LogP) is 4.98. The third kappa shape index (κ3) is 5.54. The fraction of sp³-hybridized carbons (Fsp3) is 0.375. The van der Waals surface area contributed by atoms with Crippen molar-refractivity contribution in [1.29, 1.82) is 0 Å². The second-order valence-corrected chi connectivity index (χ2v) is 12.4. The maximum atomic E-state index is 13.6. The molecular formula is C32H37N3O6S. The van der Waals surface area contributed by atoms with Gasteiger partial charge in [-0.05, 0) is 87.4 Å². The molecule has 0 N–H and O–H groups in total. The van der Waals surface area contributed by atoms with E-state index in [1.807, 2.05) is 52.0 Å². The molecule has 0 unspecified atom stereocenters. The lowest BCUT2D eigenvalue weighted by Gasteiger charge is -2.26. The first-order valence-electron chi connectivity index (χ1n) is 14.4. The molecule has 3 aromatic rings. The lowest BCUT2D eigenvalue weighted by atomic mass is 10.0. The second kappa shape index (κ2) is 12.2. The molecule has 2 aliphatic heterocycles. The summed E-state index contributed by atoms with van der Waals surface area (Å²) in [6, 6.07) is 14.2. The fourth-order valence-electron chi connectivity index (χ4n) is 5.51. The van der Waals surface area contributed by atoms with Crippen LogP contribution < -0.4 is 4.90 Å². The number of unbranched alkanes of at least 4 members (excludes halogenated alkanes) is 1. The van der Waals surface area contributed by atoms with Crippen LogP contribution in [0.25, 0.3) is 17.3 Å². The number of hydrogen-bond donors (Lipinski definition) is 0. The van der Waals surface area contributed by atoms with Crippen LogP contribution in [-0.4, -0.2) is 68.6 Å². The van der Waals surface area contributed by atoms with E-state index in [4.69, 9.17) is 9.47 Å². The zero-order chi connectivity index (χ0) is 30.0. The molecular weight excluding hydrogens is 554 g/mol. The number of aromatic nitrogens is 1. The smallest absolute Gasteiger partial charge is 0.338 e. The molecule has 1 saturated heterocycles. The summed E-state index contributed by atoms with van der Waals surface area (Å²) >= 11 is 0. The van der Waals surface area contributed by atoms with Gasteiger partial charge in [0.05, 0.1) is 36.0 Å². The number of hydrogen-bond acceptors (Lipinski definition) is 6. The molecule has 0 radical (unpaired) electrons. The van der Waals surface area contributed by atoms with Gasteiger partial charge >= 0.3 is 5.97 Å². The van der Waals surface area contributed by atoms with Gasteiger partial charge < -0.3 is 18.9 Å². The van der Waals surface area contributed by atoms with Crippen LogP contribution in [-0.2, 0) is 24.3 Å². The molecule has 0 spiro atoms. The summed E-state index contributed by atoms with van der Waals surface area (Å²) in [6.45, 7) is 10.1. The van der Waals surface area contributed by atoms with Crippen molar-refractivity contribution in [3.05, 3.63) is 76.6 Å². The number of anilines is 1. The van der Waals surface area contributed by atoms with Gasteiger partial charge in [-0.15, -0.1) is 0 Å². The van der Waals surface area contributed by atoms with Gasteiger partial charge in [-0.1, -0.05) is 13.3 Å². The minimum absolute atomic E-state index is 0.163. The first-order valence-corrected chi connectivity index (χ1v) is 15.8. The maximum absolute atomic E-state index is 13.6. The van der Waals surface area contributed by atoms with Crippen LogP contribution in [0.15, 0.2) is 53.4 Å². The Morgan fingerprint density at radius 2 is 1.74 bits per heavy atom. The normalized spacial score (nSPS) is 16.7. The summed E-state index contributed by atoms with van der Waals surface area (Å²) in [6.07, 6.45) is 3.64. The summed E-state index contributed by atoms with van der Waals surface area (Å²) in [5.74, 6) is -0.501.